The van der Waals surface area contributed by atoms with Crippen LogP contribution >= 0.6 is 11.3 Å². The summed E-state index contributed by atoms with van der Waals surface area (Å²) >= 11 is 1.03. The van der Waals surface area contributed by atoms with E-state index >= 15 is 0 Å². The third-order valence-corrected chi connectivity index (χ3v) is 5.65. The van der Waals surface area contributed by atoms with Crippen LogP contribution in [0, 0.1) is 6.92 Å². The summed E-state index contributed by atoms with van der Waals surface area (Å²) in [6.07, 6.45) is 0. The van der Waals surface area contributed by atoms with Gasteiger partial charge in [-0.1, -0.05) is 41.7 Å². The number of amides is 1. The van der Waals surface area contributed by atoms with E-state index in [0.717, 1.165) is 16.9 Å². The van der Waals surface area contributed by atoms with Crippen LogP contribution in [0.5, 0.6) is 0 Å². The van der Waals surface area contributed by atoms with Crippen LogP contribution in [0.25, 0.3) is 0 Å². The molecular formula is C16H21N3O4S2. The first-order valence-electron chi connectivity index (χ1n) is 7.60. The molecule has 2 aromatic rings. The highest BCUT2D eigenvalue weighted by molar-refractivity contribution is 7.92. The molecule has 0 aliphatic rings. The minimum atomic E-state index is -3.59. The molecule has 1 N–H and O–H groups in total. The third-order valence-electron chi connectivity index (χ3n) is 3.25. The molecule has 25 heavy (non-hydrogen) atoms. The molecule has 0 unspecified atom stereocenters. The first kappa shape index (κ1) is 19.4. The average molecular weight is 383 g/mol. The molecule has 1 heterocycles. The molecule has 0 saturated heterocycles. The van der Waals surface area contributed by atoms with Crippen molar-refractivity contribution in [3.63, 3.8) is 0 Å². The van der Waals surface area contributed by atoms with Crippen molar-refractivity contribution in [3.05, 3.63) is 46.5 Å². The van der Waals surface area contributed by atoms with E-state index in [1.807, 2.05) is 30.3 Å². The van der Waals surface area contributed by atoms with Crippen LogP contribution in [0.15, 0.2) is 30.3 Å². The number of thiazole rings is 1. The Bertz CT molecular complexity index is 817. The van der Waals surface area contributed by atoms with E-state index < -0.39 is 10.0 Å². The second-order valence-corrected chi connectivity index (χ2v) is 8.43. The van der Waals surface area contributed by atoms with Crippen molar-refractivity contribution >= 4 is 32.4 Å². The van der Waals surface area contributed by atoms with E-state index in [4.69, 9.17) is 4.74 Å². The van der Waals surface area contributed by atoms with Gasteiger partial charge in [0.15, 0.2) is 5.13 Å². The molecule has 0 bridgehead atoms. The number of ether oxygens (including phenoxy) is 1. The molecule has 0 fully saturated rings. The van der Waals surface area contributed by atoms with Gasteiger partial charge in [-0.15, -0.1) is 0 Å². The van der Waals surface area contributed by atoms with Gasteiger partial charge in [-0.05, 0) is 12.5 Å². The van der Waals surface area contributed by atoms with Crippen LogP contribution in [-0.2, 0) is 21.4 Å². The molecule has 2 rings (SSSR count). The fourth-order valence-corrected chi connectivity index (χ4v) is 4.10. The quantitative estimate of drug-likeness (QED) is 0.705. The summed E-state index contributed by atoms with van der Waals surface area (Å²) in [6.45, 7) is 2.10. The topological polar surface area (TPSA) is 88.6 Å². The number of sulfonamides is 1. The predicted molar refractivity (Wildman–Crippen MR) is 98.4 cm³/mol. The lowest BCUT2D eigenvalue weighted by Gasteiger charge is -2.08. The van der Waals surface area contributed by atoms with Gasteiger partial charge < -0.3 is 9.64 Å². The van der Waals surface area contributed by atoms with Crippen LogP contribution in [0.2, 0.25) is 0 Å². The van der Waals surface area contributed by atoms with E-state index in [0.29, 0.717) is 17.2 Å². The SMILES string of the molecule is Cc1nc(NS(=O)(=O)CCOCc2ccccc2)sc1C(=O)N(C)C. The van der Waals surface area contributed by atoms with Crippen molar-refractivity contribution in [3.8, 4) is 0 Å². The molecule has 1 amide bonds. The van der Waals surface area contributed by atoms with Crippen LogP contribution in [0.1, 0.15) is 20.9 Å². The zero-order chi connectivity index (χ0) is 18.4. The second kappa shape index (κ2) is 8.41. The Morgan fingerprint density at radius 1 is 1.28 bits per heavy atom. The maximum atomic E-state index is 12.1. The smallest absolute Gasteiger partial charge is 0.265 e. The van der Waals surface area contributed by atoms with Crippen molar-refractivity contribution in [1.82, 2.24) is 9.88 Å². The average Bonchev–Trinajstić information content (AvgIpc) is 2.91. The minimum Gasteiger partial charge on any atom is -0.376 e. The van der Waals surface area contributed by atoms with Crippen molar-refractivity contribution in [2.45, 2.75) is 13.5 Å². The summed E-state index contributed by atoms with van der Waals surface area (Å²) in [7, 11) is -0.322. The van der Waals surface area contributed by atoms with Gasteiger partial charge in [-0.25, -0.2) is 13.4 Å². The van der Waals surface area contributed by atoms with Crippen LogP contribution in [0.3, 0.4) is 0 Å². The lowest BCUT2D eigenvalue weighted by Crippen LogP contribution is -2.21. The number of hydrogen-bond acceptors (Lipinski definition) is 6. The molecular weight excluding hydrogens is 362 g/mol. The number of carbonyl (C=O) groups excluding carboxylic acids is 1. The predicted octanol–water partition coefficient (Wildman–Crippen LogP) is 2.11. The van der Waals surface area contributed by atoms with Gasteiger partial charge in [-0.2, -0.15) is 0 Å². The number of nitrogens with one attached hydrogen (secondary N) is 1. The zero-order valence-corrected chi connectivity index (χ0v) is 16.0. The maximum absolute atomic E-state index is 12.1. The molecule has 136 valence electrons. The molecule has 7 nitrogen and oxygen atoms in total. The number of hydrogen-bond donors (Lipinski definition) is 1. The third kappa shape index (κ3) is 5.80. The van der Waals surface area contributed by atoms with Crippen molar-refractivity contribution in [2.24, 2.45) is 0 Å². The molecule has 0 atom stereocenters. The highest BCUT2D eigenvalue weighted by Gasteiger charge is 2.19. The number of aromatic nitrogens is 1. The number of anilines is 1. The number of nitrogens with zero attached hydrogens (tertiary/aromatic N) is 2. The Hall–Kier alpha value is -1.97. The van der Waals surface area contributed by atoms with Gasteiger partial charge in [0, 0.05) is 14.1 Å². The Kier molecular flexibility index (Phi) is 6.51. The fourth-order valence-electron chi connectivity index (χ4n) is 1.96. The molecule has 0 aliphatic carbocycles. The number of aryl methyl sites for hydroxylation is 1. The summed E-state index contributed by atoms with van der Waals surface area (Å²) in [5.74, 6) is -0.387. The summed E-state index contributed by atoms with van der Waals surface area (Å²) in [4.78, 5) is 18.0. The van der Waals surface area contributed by atoms with E-state index in [2.05, 4.69) is 9.71 Å². The highest BCUT2D eigenvalue weighted by atomic mass is 32.2. The molecule has 0 radical (unpaired) electrons. The van der Waals surface area contributed by atoms with Gasteiger partial charge >= 0.3 is 0 Å². The summed E-state index contributed by atoms with van der Waals surface area (Å²) in [5.41, 5.74) is 1.48. The molecule has 0 saturated carbocycles. The van der Waals surface area contributed by atoms with E-state index in [-0.39, 0.29) is 23.4 Å². The minimum absolute atomic E-state index is 0.0675. The fraction of sp³-hybridized carbons (Fsp3) is 0.375. The molecule has 0 spiro atoms. The maximum Gasteiger partial charge on any atom is 0.265 e. The lowest BCUT2D eigenvalue weighted by atomic mass is 10.2. The molecule has 9 heteroatoms. The van der Waals surface area contributed by atoms with Gasteiger partial charge in [0.2, 0.25) is 10.0 Å². The standard InChI is InChI=1S/C16H21N3O4S2/c1-12-14(15(20)19(2)3)24-16(17-12)18-25(21,22)10-9-23-11-13-7-5-4-6-8-13/h4-8H,9-11H2,1-3H3,(H,17,18). The van der Waals surface area contributed by atoms with Crippen LogP contribution in [0.4, 0.5) is 5.13 Å². The Morgan fingerprint density at radius 3 is 2.60 bits per heavy atom. The summed E-state index contributed by atoms with van der Waals surface area (Å²) in [5, 5.41) is 0.186. The number of benzene rings is 1. The molecule has 1 aromatic carbocycles. The van der Waals surface area contributed by atoms with Gasteiger partial charge in [0.05, 0.1) is 24.7 Å². The second-order valence-electron chi connectivity index (χ2n) is 5.59. The van der Waals surface area contributed by atoms with E-state index in [1.165, 1.54) is 4.90 Å². The van der Waals surface area contributed by atoms with Crippen molar-refractivity contribution < 1.29 is 17.9 Å². The van der Waals surface area contributed by atoms with Crippen LogP contribution < -0.4 is 4.72 Å². The lowest BCUT2D eigenvalue weighted by molar-refractivity contribution is 0.0831. The largest absolute Gasteiger partial charge is 0.376 e. The Labute approximate surface area is 151 Å². The Balaban J connectivity index is 1.88. The van der Waals surface area contributed by atoms with Crippen LogP contribution in [-0.4, -0.2) is 50.7 Å². The normalized spacial score (nSPS) is 11.3. The van der Waals surface area contributed by atoms with Gasteiger partial charge in [0.1, 0.15) is 4.88 Å². The summed E-state index contributed by atoms with van der Waals surface area (Å²) < 4.78 is 32.0. The van der Waals surface area contributed by atoms with Gasteiger partial charge in [0.25, 0.3) is 5.91 Å². The van der Waals surface area contributed by atoms with E-state index in [9.17, 15) is 13.2 Å². The summed E-state index contributed by atoms with van der Waals surface area (Å²) in [6, 6.07) is 9.52. The highest BCUT2D eigenvalue weighted by Crippen LogP contribution is 2.24. The Morgan fingerprint density at radius 2 is 1.96 bits per heavy atom. The first-order chi connectivity index (χ1) is 11.8. The molecule has 0 aliphatic heterocycles. The molecule has 1 aromatic heterocycles. The number of carbonyl (C=O) groups is 1. The van der Waals surface area contributed by atoms with E-state index in [1.54, 1.807) is 21.0 Å². The zero-order valence-electron chi connectivity index (χ0n) is 14.4. The monoisotopic (exact) mass is 383 g/mol. The van der Waals surface area contributed by atoms with Gasteiger partial charge in [-0.3, -0.25) is 9.52 Å². The number of rotatable bonds is 8. The van der Waals surface area contributed by atoms with Crippen molar-refractivity contribution in [1.29, 1.82) is 0 Å². The first-order valence-corrected chi connectivity index (χ1v) is 10.1. The van der Waals surface area contributed by atoms with Crippen molar-refractivity contribution in [2.75, 3.05) is 31.2 Å².